The molecule has 5 heteroatoms. The lowest BCUT2D eigenvalue weighted by molar-refractivity contribution is -0.119. The Hall–Kier alpha value is -1.88. The number of nitrogens with two attached hydrogens (primary N) is 1. The number of nitrogens with one attached hydrogen (secondary N) is 1. The molecule has 0 radical (unpaired) electrons. The first-order chi connectivity index (χ1) is 9.02. The lowest BCUT2D eigenvalue weighted by atomic mass is 9.98. The predicted molar refractivity (Wildman–Crippen MR) is 73.6 cm³/mol. The van der Waals surface area contributed by atoms with Crippen LogP contribution >= 0.6 is 0 Å². The van der Waals surface area contributed by atoms with Crippen molar-refractivity contribution in [1.29, 1.82) is 0 Å². The minimum atomic E-state index is -0.357. The van der Waals surface area contributed by atoms with Gasteiger partial charge in [0.05, 0.1) is 5.69 Å². The number of carbonyl (C=O) groups is 2. The van der Waals surface area contributed by atoms with Crippen LogP contribution in [0.3, 0.4) is 0 Å². The number of hydrogen-bond donors (Lipinski definition) is 2. The van der Waals surface area contributed by atoms with Crippen molar-refractivity contribution < 1.29 is 9.59 Å². The van der Waals surface area contributed by atoms with E-state index < -0.39 is 0 Å². The molecule has 3 amide bonds. The summed E-state index contributed by atoms with van der Waals surface area (Å²) >= 11 is 0. The van der Waals surface area contributed by atoms with Crippen LogP contribution in [0.15, 0.2) is 24.3 Å². The third kappa shape index (κ3) is 2.76. The Morgan fingerprint density at radius 1 is 1.42 bits per heavy atom. The number of imide groups is 1. The number of carbonyl (C=O) groups excluding carboxylic acids is 2. The maximum Gasteiger partial charge on any atom is 0.328 e. The van der Waals surface area contributed by atoms with Crippen molar-refractivity contribution in [2.24, 2.45) is 11.7 Å². The standard InChI is InChI=1S/C14H19N3O2/c1-9(2)12-7-13(18)17(14(19)16-12)11-5-3-4-10(6-11)8-15/h3-6,9,12H,7-8,15H2,1-2H3,(H,16,19). The van der Waals surface area contributed by atoms with E-state index in [-0.39, 0.29) is 23.9 Å². The van der Waals surface area contributed by atoms with Crippen molar-refractivity contribution in [3.05, 3.63) is 29.8 Å². The Kier molecular flexibility index (Phi) is 3.85. The minimum absolute atomic E-state index is 0.0889. The highest BCUT2D eigenvalue weighted by atomic mass is 16.2. The second-order valence-electron chi connectivity index (χ2n) is 5.11. The number of amides is 3. The molecule has 1 aromatic rings. The summed E-state index contributed by atoms with van der Waals surface area (Å²) in [7, 11) is 0. The zero-order valence-corrected chi connectivity index (χ0v) is 11.2. The molecule has 1 aliphatic heterocycles. The van der Waals surface area contributed by atoms with Crippen molar-refractivity contribution in [2.75, 3.05) is 4.90 Å². The largest absolute Gasteiger partial charge is 0.334 e. The minimum Gasteiger partial charge on any atom is -0.334 e. The lowest BCUT2D eigenvalue weighted by Gasteiger charge is -2.33. The van der Waals surface area contributed by atoms with Crippen molar-refractivity contribution >= 4 is 17.6 Å². The SMILES string of the molecule is CC(C)C1CC(=O)N(c2cccc(CN)c2)C(=O)N1. The Bertz CT molecular complexity index is 481. The molecule has 1 fully saturated rings. The van der Waals surface area contributed by atoms with E-state index in [4.69, 9.17) is 5.73 Å². The van der Waals surface area contributed by atoms with E-state index in [0.29, 0.717) is 18.7 Å². The highest BCUT2D eigenvalue weighted by Gasteiger charge is 2.34. The van der Waals surface area contributed by atoms with Gasteiger partial charge in [0, 0.05) is 19.0 Å². The van der Waals surface area contributed by atoms with Crippen molar-refractivity contribution in [3.8, 4) is 0 Å². The quantitative estimate of drug-likeness (QED) is 0.868. The number of nitrogens with zero attached hydrogens (tertiary/aromatic N) is 1. The van der Waals surface area contributed by atoms with Gasteiger partial charge in [-0.05, 0) is 23.6 Å². The number of hydrogen-bond acceptors (Lipinski definition) is 3. The fourth-order valence-electron chi connectivity index (χ4n) is 2.15. The van der Waals surface area contributed by atoms with Gasteiger partial charge in [-0.25, -0.2) is 9.69 Å². The summed E-state index contributed by atoms with van der Waals surface area (Å²) in [5.74, 6) is 0.0713. The van der Waals surface area contributed by atoms with Crippen LogP contribution in [0.4, 0.5) is 10.5 Å². The van der Waals surface area contributed by atoms with Gasteiger partial charge in [-0.3, -0.25) is 4.79 Å². The van der Waals surface area contributed by atoms with Crippen LogP contribution in [-0.2, 0) is 11.3 Å². The second kappa shape index (κ2) is 5.40. The van der Waals surface area contributed by atoms with Crippen molar-refractivity contribution in [1.82, 2.24) is 5.32 Å². The van der Waals surface area contributed by atoms with Crippen LogP contribution in [0.5, 0.6) is 0 Å². The Morgan fingerprint density at radius 3 is 2.74 bits per heavy atom. The third-order valence-corrected chi connectivity index (χ3v) is 3.37. The normalized spacial score (nSPS) is 19.8. The predicted octanol–water partition coefficient (Wildman–Crippen LogP) is 1.62. The number of anilines is 1. The van der Waals surface area contributed by atoms with E-state index in [1.54, 1.807) is 18.2 Å². The average molecular weight is 261 g/mol. The van der Waals surface area contributed by atoms with Gasteiger partial charge < -0.3 is 11.1 Å². The molecule has 5 nitrogen and oxygen atoms in total. The highest BCUT2D eigenvalue weighted by Crippen LogP contribution is 2.22. The van der Waals surface area contributed by atoms with Gasteiger partial charge in [0.15, 0.2) is 0 Å². The molecule has 0 aromatic heterocycles. The summed E-state index contributed by atoms with van der Waals surface area (Å²) < 4.78 is 0. The molecule has 1 atom stereocenters. The van der Waals surface area contributed by atoms with Gasteiger partial charge in [-0.2, -0.15) is 0 Å². The molecular formula is C14H19N3O2. The first-order valence-corrected chi connectivity index (χ1v) is 6.45. The van der Waals surface area contributed by atoms with Crippen LogP contribution < -0.4 is 16.0 Å². The molecule has 1 saturated heterocycles. The molecule has 102 valence electrons. The summed E-state index contributed by atoms with van der Waals surface area (Å²) in [5.41, 5.74) is 7.04. The van der Waals surface area contributed by atoms with Crippen LogP contribution in [0.25, 0.3) is 0 Å². The molecule has 0 saturated carbocycles. The third-order valence-electron chi connectivity index (χ3n) is 3.37. The highest BCUT2D eigenvalue weighted by molar-refractivity contribution is 6.16. The summed E-state index contributed by atoms with van der Waals surface area (Å²) in [6.07, 6.45) is 0.330. The topological polar surface area (TPSA) is 75.4 Å². The summed E-state index contributed by atoms with van der Waals surface area (Å²) in [6.45, 7) is 4.36. The molecule has 0 spiro atoms. The molecule has 2 rings (SSSR count). The Morgan fingerprint density at radius 2 is 2.16 bits per heavy atom. The number of urea groups is 1. The van der Waals surface area contributed by atoms with Crippen LogP contribution in [0.1, 0.15) is 25.8 Å². The maximum absolute atomic E-state index is 12.2. The van der Waals surface area contributed by atoms with Gasteiger partial charge in [-0.15, -0.1) is 0 Å². The molecule has 1 aromatic carbocycles. The van der Waals surface area contributed by atoms with Crippen molar-refractivity contribution in [3.63, 3.8) is 0 Å². The lowest BCUT2D eigenvalue weighted by Crippen LogP contribution is -2.56. The van der Waals surface area contributed by atoms with Crippen LogP contribution in [0, 0.1) is 5.92 Å². The van der Waals surface area contributed by atoms with E-state index in [9.17, 15) is 9.59 Å². The number of benzene rings is 1. The van der Waals surface area contributed by atoms with Crippen LogP contribution in [0.2, 0.25) is 0 Å². The molecular weight excluding hydrogens is 242 g/mol. The molecule has 19 heavy (non-hydrogen) atoms. The Labute approximate surface area is 112 Å². The first-order valence-electron chi connectivity index (χ1n) is 6.45. The number of rotatable bonds is 3. The van der Waals surface area contributed by atoms with Crippen molar-refractivity contribution in [2.45, 2.75) is 32.9 Å². The Balaban J connectivity index is 2.25. The molecule has 0 aliphatic carbocycles. The van der Waals surface area contributed by atoms with E-state index in [1.807, 2.05) is 19.9 Å². The molecule has 0 bridgehead atoms. The van der Waals surface area contributed by atoms with Gasteiger partial charge >= 0.3 is 6.03 Å². The summed E-state index contributed by atoms with van der Waals surface area (Å²) in [4.78, 5) is 25.4. The summed E-state index contributed by atoms with van der Waals surface area (Å²) in [6, 6.07) is 6.73. The smallest absolute Gasteiger partial charge is 0.328 e. The van der Waals surface area contributed by atoms with Gasteiger partial charge in [0.2, 0.25) is 5.91 Å². The first kappa shape index (κ1) is 13.5. The molecule has 3 N–H and O–H groups in total. The van der Waals surface area contributed by atoms with E-state index in [2.05, 4.69) is 5.32 Å². The second-order valence-corrected chi connectivity index (χ2v) is 5.11. The molecule has 1 heterocycles. The average Bonchev–Trinajstić information content (AvgIpc) is 2.38. The zero-order chi connectivity index (χ0) is 14.0. The van der Waals surface area contributed by atoms with Gasteiger partial charge in [0.1, 0.15) is 0 Å². The monoisotopic (exact) mass is 261 g/mol. The van der Waals surface area contributed by atoms with Crippen LogP contribution in [-0.4, -0.2) is 18.0 Å². The van der Waals surface area contributed by atoms with Gasteiger partial charge in [-0.1, -0.05) is 26.0 Å². The fourth-order valence-corrected chi connectivity index (χ4v) is 2.15. The van der Waals surface area contributed by atoms with Gasteiger partial charge in [0.25, 0.3) is 0 Å². The molecule has 1 unspecified atom stereocenters. The van der Waals surface area contributed by atoms with E-state index in [1.165, 1.54) is 4.90 Å². The molecule has 1 aliphatic rings. The van der Waals surface area contributed by atoms with E-state index in [0.717, 1.165) is 5.56 Å². The fraction of sp³-hybridized carbons (Fsp3) is 0.429. The zero-order valence-electron chi connectivity index (χ0n) is 11.2. The maximum atomic E-state index is 12.2. The summed E-state index contributed by atoms with van der Waals surface area (Å²) in [5, 5.41) is 2.87. The van der Waals surface area contributed by atoms with E-state index >= 15 is 0 Å².